The summed E-state index contributed by atoms with van der Waals surface area (Å²) >= 11 is 0. The highest BCUT2D eigenvalue weighted by Gasteiger charge is 1.99. The summed E-state index contributed by atoms with van der Waals surface area (Å²) in [5.41, 5.74) is 2.69. The topological polar surface area (TPSA) is 122 Å². The van der Waals surface area contributed by atoms with Crippen LogP contribution in [0.5, 0.6) is 0 Å². The molecule has 0 aliphatic carbocycles. The van der Waals surface area contributed by atoms with E-state index in [9.17, 15) is 9.59 Å². The highest BCUT2D eigenvalue weighted by atomic mass is 16.4. The molecule has 0 saturated heterocycles. The summed E-state index contributed by atoms with van der Waals surface area (Å²) in [6.07, 6.45) is 3.07. The van der Waals surface area contributed by atoms with Crippen LogP contribution in [-0.2, 0) is 16.0 Å². The second-order valence-corrected chi connectivity index (χ2v) is 5.11. The van der Waals surface area contributed by atoms with Crippen molar-refractivity contribution in [3.63, 3.8) is 0 Å². The maximum atomic E-state index is 10.3. The van der Waals surface area contributed by atoms with E-state index in [1.165, 1.54) is 6.08 Å². The molecule has 0 atom stereocenters. The fourth-order valence-electron chi connectivity index (χ4n) is 1.93. The van der Waals surface area contributed by atoms with Gasteiger partial charge in [0.2, 0.25) is 0 Å². The molecule has 0 aromatic heterocycles. The SMILES string of the molecule is N#Cc1cccc(C=CC(=O)O)c1.N#Cc1cccc(CCC(=O)O)c1. The van der Waals surface area contributed by atoms with Crippen molar-refractivity contribution in [3.8, 4) is 12.1 Å². The molecule has 0 spiro atoms. The third-order valence-electron chi connectivity index (χ3n) is 3.12. The van der Waals surface area contributed by atoms with Gasteiger partial charge in [-0.25, -0.2) is 4.79 Å². The molecular formula is C20H16N2O4. The van der Waals surface area contributed by atoms with E-state index in [4.69, 9.17) is 20.7 Å². The molecule has 2 aromatic rings. The highest BCUT2D eigenvalue weighted by molar-refractivity contribution is 5.85. The minimum Gasteiger partial charge on any atom is -0.481 e. The van der Waals surface area contributed by atoms with E-state index >= 15 is 0 Å². The predicted octanol–water partition coefficient (Wildman–Crippen LogP) is 3.23. The van der Waals surface area contributed by atoms with Crippen LogP contribution in [0.3, 0.4) is 0 Å². The van der Waals surface area contributed by atoms with E-state index in [1.807, 2.05) is 18.2 Å². The molecule has 0 aliphatic rings. The smallest absolute Gasteiger partial charge is 0.328 e. The molecular weight excluding hydrogens is 332 g/mol. The van der Waals surface area contributed by atoms with Crippen molar-refractivity contribution >= 4 is 18.0 Å². The summed E-state index contributed by atoms with van der Waals surface area (Å²) in [6.45, 7) is 0. The summed E-state index contributed by atoms with van der Waals surface area (Å²) in [5.74, 6) is -1.82. The van der Waals surface area contributed by atoms with Crippen molar-refractivity contribution in [2.75, 3.05) is 0 Å². The van der Waals surface area contributed by atoms with Gasteiger partial charge >= 0.3 is 11.9 Å². The second-order valence-electron chi connectivity index (χ2n) is 5.11. The molecule has 0 bridgehead atoms. The molecule has 6 nitrogen and oxygen atoms in total. The van der Waals surface area contributed by atoms with Gasteiger partial charge in [-0.3, -0.25) is 4.79 Å². The first-order chi connectivity index (χ1) is 12.4. The number of rotatable bonds is 5. The van der Waals surface area contributed by atoms with Crippen LogP contribution < -0.4 is 0 Å². The van der Waals surface area contributed by atoms with E-state index in [-0.39, 0.29) is 6.42 Å². The van der Waals surface area contributed by atoms with Crippen molar-refractivity contribution in [2.24, 2.45) is 0 Å². The van der Waals surface area contributed by atoms with Crippen LogP contribution in [0, 0.1) is 22.7 Å². The minimum absolute atomic E-state index is 0.106. The predicted molar refractivity (Wildman–Crippen MR) is 94.9 cm³/mol. The summed E-state index contributed by atoms with van der Waals surface area (Å²) in [6, 6.07) is 17.7. The monoisotopic (exact) mass is 348 g/mol. The Morgan fingerprint density at radius 1 is 0.962 bits per heavy atom. The normalized spacial score (nSPS) is 9.46. The average Bonchev–Trinajstić information content (AvgIpc) is 2.65. The number of benzene rings is 2. The summed E-state index contributed by atoms with van der Waals surface area (Å²) in [5, 5.41) is 33.9. The zero-order valence-electron chi connectivity index (χ0n) is 13.8. The largest absolute Gasteiger partial charge is 0.481 e. The summed E-state index contributed by atoms with van der Waals surface area (Å²) in [7, 11) is 0. The fourth-order valence-corrected chi connectivity index (χ4v) is 1.93. The van der Waals surface area contributed by atoms with Crippen LogP contribution in [-0.4, -0.2) is 22.2 Å². The molecule has 0 unspecified atom stereocenters. The minimum atomic E-state index is -0.998. The molecule has 0 aliphatic heterocycles. The van der Waals surface area contributed by atoms with Crippen LogP contribution in [0.25, 0.3) is 6.08 Å². The molecule has 0 amide bonds. The van der Waals surface area contributed by atoms with Crippen LogP contribution >= 0.6 is 0 Å². The number of hydrogen-bond donors (Lipinski definition) is 2. The Bertz CT molecular complexity index is 889. The Morgan fingerprint density at radius 2 is 1.58 bits per heavy atom. The molecule has 0 radical (unpaired) electrons. The number of hydrogen-bond acceptors (Lipinski definition) is 4. The average molecular weight is 348 g/mol. The molecule has 6 heteroatoms. The Hall–Kier alpha value is -3.90. The van der Waals surface area contributed by atoms with Gasteiger partial charge in [-0.15, -0.1) is 0 Å². The lowest BCUT2D eigenvalue weighted by Gasteiger charge is -1.97. The van der Waals surface area contributed by atoms with E-state index in [0.29, 0.717) is 23.1 Å². The molecule has 0 fully saturated rings. The van der Waals surface area contributed by atoms with E-state index in [0.717, 1.165) is 11.6 Å². The second kappa shape index (κ2) is 10.8. The van der Waals surface area contributed by atoms with Gasteiger partial charge in [0.1, 0.15) is 0 Å². The van der Waals surface area contributed by atoms with Gasteiger partial charge in [-0.2, -0.15) is 10.5 Å². The van der Waals surface area contributed by atoms with Crippen molar-refractivity contribution in [1.29, 1.82) is 10.5 Å². The quantitative estimate of drug-likeness (QED) is 0.800. The van der Waals surface area contributed by atoms with Crippen molar-refractivity contribution in [2.45, 2.75) is 12.8 Å². The first kappa shape index (κ1) is 20.1. The molecule has 130 valence electrons. The molecule has 0 heterocycles. The zero-order chi connectivity index (χ0) is 19.4. The zero-order valence-corrected chi connectivity index (χ0v) is 13.8. The number of carboxylic acids is 2. The number of aryl methyl sites for hydroxylation is 1. The summed E-state index contributed by atoms with van der Waals surface area (Å²) < 4.78 is 0. The molecule has 0 saturated carbocycles. The lowest BCUT2D eigenvalue weighted by Crippen LogP contribution is -1.97. The first-order valence-corrected chi connectivity index (χ1v) is 7.56. The third-order valence-corrected chi connectivity index (χ3v) is 3.12. The van der Waals surface area contributed by atoms with Gasteiger partial charge in [-0.1, -0.05) is 24.3 Å². The Balaban J connectivity index is 0.000000260. The van der Waals surface area contributed by atoms with Gasteiger partial charge in [0.15, 0.2) is 0 Å². The van der Waals surface area contributed by atoms with Gasteiger partial charge in [0, 0.05) is 12.5 Å². The van der Waals surface area contributed by atoms with Crippen LogP contribution in [0.4, 0.5) is 0 Å². The molecule has 2 N–H and O–H groups in total. The Labute approximate surface area is 150 Å². The standard InChI is InChI=1S/C10H9NO2.C10H7NO2/c2*11-7-9-3-1-2-8(6-9)4-5-10(12)13/h1-3,6H,4-5H2,(H,12,13);1-6H,(H,12,13). The number of carboxylic acid groups (broad SMARTS) is 2. The van der Waals surface area contributed by atoms with Gasteiger partial charge in [0.05, 0.1) is 23.3 Å². The highest BCUT2D eigenvalue weighted by Crippen LogP contribution is 2.07. The van der Waals surface area contributed by atoms with E-state index in [2.05, 4.69) is 0 Å². The molecule has 2 aromatic carbocycles. The van der Waals surface area contributed by atoms with Crippen molar-refractivity contribution in [3.05, 3.63) is 76.9 Å². The Kier molecular flexibility index (Phi) is 8.36. The summed E-state index contributed by atoms with van der Waals surface area (Å²) in [4.78, 5) is 20.4. The number of carbonyl (C=O) groups is 2. The number of aliphatic carboxylic acids is 2. The Morgan fingerprint density at radius 3 is 2.15 bits per heavy atom. The van der Waals surface area contributed by atoms with Gasteiger partial charge < -0.3 is 10.2 Å². The fraction of sp³-hybridized carbons (Fsp3) is 0.100. The maximum absolute atomic E-state index is 10.3. The number of nitriles is 2. The van der Waals surface area contributed by atoms with Crippen LogP contribution in [0.2, 0.25) is 0 Å². The number of nitrogens with zero attached hydrogens (tertiary/aromatic N) is 2. The maximum Gasteiger partial charge on any atom is 0.328 e. The van der Waals surface area contributed by atoms with Gasteiger partial charge in [-0.05, 0) is 47.9 Å². The van der Waals surface area contributed by atoms with E-state index < -0.39 is 11.9 Å². The third kappa shape index (κ3) is 8.09. The van der Waals surface area contributed by atoms with Gasteiger partial charge in [0.25, 0.3) is 0 Å². The first-order valence-electron chi connectivity index (χ1n) is 7.56. The molecule has 2 rings (SSSR count). The van der Waals surface area contributed by atoms with Crippen LogP contribution in [0.15, 0.2) is 54.6 Å². The van der Waals surface area contributed by atoms with Crippen molar-refractivity contribution in [1.82, 2.24) is 0 Å². The lowest BCUT2D eigenvalue weighted by molar-refractivity contribution is -0.137. The van der Waals surface area contributed by atoms with Crippen molar-refractivity contribution < 1.29 is 19.8 Å². The molecule has 26 heavy (non-hydrogen) atoms. The lowest BCUT2D eigenvalue weighted by atomic mass is 10.1. The van der Waals surface area contributed by atoms with Crippen LogP contribution in [0.1, 0.15) is 28.7 Å². The van der Waals surface area contributed by atoms with E-state index in [1.54, 1.807) is 42.5 Å².